The van der Waals surface area contributed by atoms with Crippen molar-refractivity contribution >= 4 is 51.6 Å². The summed E-state index contributed by atoms with van der Waals surface area (Å²) in [5.41, 5.74) is 0.590. The standard InChI is InChI=1S/C21H19ClFN5O2S/c1-3-10-27-19(30)14-6-4-5-7-17(14)28-20(27)25-26-21(28)31-12(2)18(29)24-16-9-8-13(22)11-15(16)23/h4-9,11-12H,3,10H2,1-2H3,(H,24,29). The molecule has 4 aromatic rings. The van der Waals surface area contributed by atoms with E-state index in [1.165, 1.54) is 23.9 Å². The third-order valence-corrected chi connectivity index (χ3v) is 6.04. The van der Waals surface area contributed by atoms with Crippen molar-refractivity contribution in [2.24, 2.45) is 0 Å². The van der Waals surface area contributed by atoms with Gasteiger partial charge in [0.1, 0.15) is 5.82 Å². The molecule has 7 nitrogen and oxygen atoms in total. The molecule has 0 bridgehead atoms. The van der Waals surface area contributed by atoms with Crippen LogP contribution in [0.4, 0.5) is 10.1 Å². The number of nitrogens with one attached hydrogen (secondary N) is 1. The van der Waals surface area contributed by atoms with Gasteiger partial charge in [-0.2, -0.15) is 0 Å². The molecule has 1 unspecified atom stereocenters. The van der Waals surface area contributed by atoms with Crippen molar-refractivity contribution in [2.75, 3.05) is 5.32 Å². The summed E-state index contributed by atoms with van der Waals surface area (Å²) in [6, 6.07) is 11.3. The fourth-order valence-corrected chi connectivity index (χ4v) is 4.29. The number of para-hydroxylation sites is 1. The summed E-state index contributed by atoms with van der Waals surface area (Å²) in [7, 11) is 0. The number of thioether (sulfide) groups is 1. The molecule has 1 atom stereocenters. The van der Waals surface area contributed by atoms with Crippen LogP contribution in [0.25, 0.3) is 16.7 Å². The third-order valence-electron chi connectivity index (χ3n) is 4.77. The first-order valence-corrected chi connectivity index (χ1v) is 11.0. The van der Waals surface area contributed by atoms with E-state index >= 15 is 0 Å². The maximum atomic E-state index is 14.0. The Balaban J connectivity index is 1.70. The number of fused-ring (bicyclic) bond motifs is 3. The molecule has 2 aromatic carbocycles. The molecule has 2 aromatic heterocycles. The Hall–Kier alpha value is -2.91. The van der Waals surface area contributed by atoms with Gasteiger partial charge in [0.2, 0.25) is 11.7 Å². The number of amides is 1. The van der Waals surface area contributed by atoms with Gasteiger partial charge in [-0.05, 0) is 43.7 Å². The molecule has 1 N–H and O–H groups in total. The molecule has 2 heterocycles. The first-order valence-electron chi connectivity index (χ1n) is 9.70. The summed E-state index contributed by atoms with van der Waals surface area (Å²) in [6.07, 6.45) is 0.759. The van der Waals surface area contributed by atoms with Crippen LogP contribution < -0.4 is 10.9 Å². The van der Waals surface area contributed by atoms with Crippen LogP contribution in [0.3, 0.4) is 0 Å². The zero-order valence-electron chi connectivity index (χ0n) is 16.8. The summed E-state index contributed by atoms with van der Waals surface area (Å²) in [4.78, 5) is 25.6. The Morgan fingerprint density at radius 3 is 2.77 bits per heavy atom. The number of anilines is 1. The van der Waals surface area contributed by atoms with E-state index in [4.69, 9.17) is 11.6 Å². The third kappa shape index (κ3) is 4.03. The van der Waals surface area contributed by atoms with Crippen molar-refractivity contribution in [1.29, 1.82) is 0 Å². The van der Waals surface area contributed by atoms with E-state index in [2.05, 4.69) is 15.5 Å². The van der Waals surface area contributed by atoms with Gasteiger partial charge in [-0.25, -0.2) is 4.39 Å². The van der Waals surface area contributed by atoms with E-state index in [0.29, 0.717) is 28.4 Å². The number of hydrogen-bond acceptors (Lipinski definition) is 5. The Kier molecular flexibility index (Phi) is 5.97. The molecular weight excluding hydrogens is 441 g/mol. The van der Waals surface area contributed by atoms with Crippen LogP contribution in [0.1, 0.15) is 20.3 Å². The minimum Gasteiger partial charge on any atom is -0.323 e. The Morgan fingerprint density at radius 2 is 2.03 bits per heavy atom. The van der Waals surface area contributed by atoms with E-state index in [9.17, 15) is 14.0 Å². The van der Waals surface area contributed by atoms with Crippen LogP contribution in [-0.4, -0.2) is 30.3 Å². The Morgan fingerprint density at radius 1 is 1.26 bits per heavy atom. The quantitative estimate of drug-likeness (QED) is 0.433. The van der Waals surface area contributed by atoms with Crippen LogP contribution >= 0.6 is 23.4 Å². The molecule has 1 amide bonds. The van der Waals surface area contributed by atoms with Crippen LogP contribution in [0, 0.1) is 5.82 Å². The average Bonchev–Trinajstić information content (AvgIpc) is 3.16. The molecule has 0 saturated heterocycles. The predicted octanol–water partition coefficient (Wildman–Crippen LogP) is 4.37. The molecule has 0 aliphatic heterocycles. The summed E-state index contributed by atoms with van der Waals surface area (Å²) in [6.45, 7) is 4.17. The minimum atomic E-state index is -0.611. The van der Waals surface area contributed by atoms with Gasteiger partial charge in [0.25, 0.3) is 5.56 Å². The Labute approximate surface area is 186 Å². The van der Waals surface area contributed by atoms with Gasteiger partial charge < -0.3 is 5.32 Å². The fraction of sp³-hybridized carbons (Fsp3) is 0.238. The molecule has 0 radical (unpaired) electrons. The lowest BCUT2D eigenvalue weighted by atomic mass is 10.2. The molecule has 4 rings (SSSR count). The van der Waals surface area contributed by atoms with Crippen LogP contribution in [0.5, 0.6) is 0 Å². The molecule has 10 heteroatoms. The van der Waals surface area contributed by atoms with E-state index in [0.717, 1.165) is 12.5 Å². The number of carbonyl (C=O) groups is 1. The van der Waals surface area contributed by atoms with Gasteiger partial charge >= 0.3 is 0 Å². The van der Waals surface area contributed by atoms with Crippen molar-refractivity contribution < 1.29 is 9.18 Å². The second kappa shape index (κ2) is 8.68. The summed E-state index contributed by atoms with van der Waals surface area (Å²) < 4.78 is 17.4. The van der Waals surface area contributed by atoms with Gasteiger partial charge in [0.05, 0.1) is 21.8 Å². The summed E-state index contributed by atoms with van der Waals surface area (Å²) in [5, 5.41) is 11.7. The van der Waals surface area contributed by atoms with E-state index in [1.807, 2.05) is 19.1 Å². The number of rotatable bonds is 6. The van der Waals surface area contributed by atoms with Gasteiger partial charge in [-0.15, -0.1) is 10.2 Å². The zero-order chi connectivity index (χ0) is 22.1. The average molecular weight is 460 g/mol. The second-order valence-electron chi connectivity index (χ2n) is 6.97. The second-order valence-corrected chi connectivity index (χ2v) is 8.71. The van der Waals surface area contributed by atoms with Crippen LogP contribution in [-0.2, 0) is 11.3 Å². The zero-order valence-corrected chi connectivity index (χ0v) is 18.4. The van der Waals surface area contributed by atoms with Crippen LogP contribution in [0.2, 0.25) is 5.02 Å². The fourth-order valence-electron chi connectivity index (χ4n) is 3.27. The molecule has 0 fully saturated rings. The van der Waals surface area contributed by atoms with E-state index < -0.39 is 17.0 Å². The number of nitrogens with zero attached hydrogens (tertiary/aromatic N) is 4. The topological polar surface area (TPSA) is 81.3 Å². The smallest absolute Gasteiger partial charge is 0.262 e. The summed E-state index contributed by atoms with van der Waals surface area (Å²) >= 11 is 6.94. The van der Waals surface area contributed by atoms with Crippen molar-refractivity contribution in [3.05, 3.63) is 63.7 Å². The Bertz CT molecular complexity index is 1350. The molecule has 31 heavy (non-hydrogen) atoms. The highest BCUT2D eigenvalue weighted by Gasteiger charge is 2.22. The monoisotopic (exact) mass is 459 g/mol. The van der Waals surface area contributed by atoms with Gasteiger partial charge in [0.15, 0.2) is 5.16 Å². The molecule has 0 saturated carbocycles. The highest BCUT2D eigenvalue weighted by molar-refractivity contribution is 8.00. The van der Waals surface area contributed by atoms with Crippen molar-refractivity contribution in [2.45, 2.75) is 37.2 Å². The normalized spacial score (nSPS) is 12.4. The SMILES string of the molecule is CCCn1c(=O)c2ccccc2n2c(SC(C)C(=O)Nc3ccc(Cl)cc3F)nnc12. The van der Waals surface area contributed by atoms with Crippen molar-refractivity contribution in [3.8, 4) is 0 Å². The van der Waals surface area contributed by atoms with Crippen LogP contribution in [0.15, 0.2) is 52.4 Å². The number of benzene rings is 2. The number of aryl methyl sites for hydroxylation is 1. The number of halogens is 2. The van der Waals surface area contributed by atoms with Crippen molar-refractivity contribution in [3.63, 3.8) is 0 Å². The molecule has 0 spiro atoms. The van der Waals surface area contributed by atoms with E-state index in [-0.39, 0.29) is 16.3 Å². The molecule has 160 valence electrons. The lowest BCUT2D eigenvalue weighted by Gasteiger charge is -2.13. The number of hydrogen-bond donors (Lipinski definition) is 1. The first kappa shape index (κ1) is 21.3. The largest absolute Gasteiger partial charge is 0.323 e. The van der Waals surface area contributed by atoms with E-state index in [1.54, 1.807) is 28.0 Å². The van der Waals surface area contributed by atoms with Gasteiger partial charge in [-0.3, -0.25) is 18.6 Å². The lowest BCUT2D eigenvalue weighted by molar-refractivity contribution is -0.115. The molecule has 0 aliphatic rings. The number of carbonyl (C=O) groups excluding carboxylic acids is 1. The lowest BCUT2D eigenvalue weighted by Crippen LogP contribution is -2.24. The summed E-state index contributed by atoms with van der Waals surface area (Å²) in [5.74, 6) is -0.584. The maximum absolute atomic E-state index is 14.0. The van der Waals surface area contributed by atoms with Gasteiger partial charge in [-0.1, -0.05) is 42.4 Å². The minimum absolute atomic E-state index is 0.0511. The first-order chi connectivity index (χ1) is 14.9. The highest BCUT2D eigenvalue weighted by atomic mass is 35.5. The number of aromatic nitrogens is 4. The van der Waals surface area contributed by atoms with Gasteiger partial charge in [0, 0.05) is 11.6 Å². The predicted molar refractivity (Wildman–Crippen MR) is 120 cm³/mol. The molecular formula is C21H19ClFN5O2S. The molecule has 0 aliphatic carbocycles. The highest BCUT2D eigenvalue weighted by Crippen LogP contribution is 2.27. The maximum Gasteiger partial charge on any atom is 0.262 e. The van der Waals surface area contributed by atoms with Crippen molar-refractivity contribution in [1.82, 2.24) is 19.2 Å².